The maximum atomic E-state index is 6.23. The Labute approximate surface area is 121 Å². The summed E-state index contributed by atoms with van der Waals surface area (Å²) in [6.45, 7) is 7.31. The molecule has 1 fully saturated rings. The zero-order valence-corrected chi connectivity index (χ0v) is 12.7. The average Bonchev–Trinajstić information content (AvgIpc) is 2.42. The highest BCUT2D eigenvalue weighted by Crippen LogP contribution is 2.25. The molecule has 2 heterocycles. The summed E-state index contributed by atoms with van der Waals surface area (Å²) in [5, 5.41) is 4.13. The largest absolute Gasteiger partial charge is 0.354 e. The molecule has 4 heteroatoms. The first-order chi connectivity index (χ1) is 9.22. The third kappa shape index (κ3) is 3.83. The second-order valence-corrected chi connectivity index (χ2v) is 5.72. The first-order valence-electron chi connectivity index (χ1n) is 7.35. The summed E-state index contributed by atoms with van der Waals surface area (Å²) in [6.07, 6.45) is 4.97. The van der Waals surface area contributed by atoms with E-state index in [9.17, 15) is 0 Å². The third-order valence-electron chi connectivity index (χ3n) is 3.72. The van der Waals surface area contributed by atoms with Crippen molar-refractivity contribution in [2.75, 3.05) is 18.0 Å². The molecular weight excluding hydrogens is 258 g/mol. The first-order valence-corrected chi connectivity index (χ1v) is 7.73. The highest BCUT2D eigenvalue weighted by molar-refractivity contribution is 6.31. The minimum Gasteiger partial charge on any atom is -0.354 e. The van der Waals surface area contributed by atoms with E-state index in [0.717, 1.165) is 42.6 Å². The van der Waals surface area contributed by atoms with Crippen LogP contribution in [0.1, 0.15) is 45.2 Å². The maximum Gasteiger partial charge on any atom is 0.129 e. The summed E-state index contributed by atoms with van der Waals surface area (Å²) in [5.74, 6) is 1.07. The van der Waals surface area contributed by atoms with E-state index in [0.29, 0.717) is 6.04 Å². The van der Waals surface area contributed by atoms with Crippen LogP contribution in [0.2, 0.25) is 5.02 Å². The molecule has 1 aromatic rings. The van der Waals surface area contributed by atoms with Crippen LogP contribution in [0.5, 0.6) is 0 Å². The van der Waals surface area contributed by atoms with Crippen LogP contribution in [-0.4, -0.2) is 24.1 Å². The van der Waals surface area contributed by atoms with Gasteiger partial charge >= 0.3 is 0 Å². The monoisotopic (exact) mass is 281 g/mol. The van der Waals surface area contributed by atoms with E-state index in [4.69, 9.17) is 16.6 Å². The Balaban J connectivity index is 2.10. The van der Waals surface area contributed by atoms with Gasteiger partial charge in [0.05, 0.1) is 10.7 Å². The topological polar surface area (TPSA) is 28.2 Å². The molecule has 2 rings (SSSR count). The molecule has 1 aliphatic rings. The molecule has 1 aromatic heterocycles. The lowest BCUT2D eigenvalue weighted by atomic mass is 10.0. The van der Waals surface area contributed by atoms with Crippen LogP contribution < -0.4 is 10.2 Å². The molecule has 0 spiro atoms. The van der Waals surface area contributed by atoms with Crippen LogP contribution in [0.25, 0.3) is 0 Å². The molecular formula is C15H24ClN3. The Morgan fingerprint density at radius 3 is 3.00 bits per heavy atom. The van der Waals surface area contributed by atoms with Crippen molar-refractivity contribution in [3.8, 4) is 0 Å². The summed E-state index contributed by atoms with van der Waals surface area (Å²) in [7, 11) is 0. The summed E-state index contributed by atoms with van der Waals surface area (Å²) in [6, 6.07) is 4.61. The van der Waals surface area contributed by atoms with Gasteiger partial charge in [-0.05, 0) is 51.3 Å². The van der Waals surface area contributed by atoms with Crippen LogP contribution in [0.3, 0.4) is 0 Å². The molecule has 0 amide bonds. The fourth-order valence-corrected chi connectivity index (χ4v) is 2.75. The lowest BCUT2D eigenvalue weighted by molar-refractivity contribution is 0.480. The number of hydrogen-bond donors (Lipinski definition) is 1. The van der Waals surface area contributed by atoms with Crippen molar-refractivity contribution in [2.24, 2.45) is 0 Å². The van der Waals surface area contributed by atoms with Gasteiger partial charge in [0.15, 0.2) is 0 Å². The number of nitrogens with one attached hydrogen (secondary N) is 1. The van der Waals surface area contributed by atoms with E-state index in [-0.39, 0.29) is 0 Å². The molecule has 106 valence electrons. The Hall–Kier alpha value is -0.800. The van der Waals surface area contributed by atoms with Gasteiger partial charge in [-0.25, -0.2) is 4.98 Å². The van der Waals surface area contributed by atoms with E-state index in [2.05, 4.69) is 24.1 Å². The minimum absolute atomic E-state index is 0.582. The number of aromatic nitrogens is 1. The van der Waals surface area contributed by atoms with E-state index in [1.165, 1.54) is 19.3 Å². The number of nitrogens with zero attached hydrogens (tertiary/aromatic N) is 2. The predicted molar refractivity (Wildman–Crippen MR) is 81.9 cm³/mol. The molecule has 19 heavy (non-hydrogen) atoms. The zero-order chi connectivity index (χ0) is 13.7. The molecule has 1 aliphatic heterocycles. The maximum absolute atomic E-state index is 6.23. The van der Waals surface area contributed by atoms with E-state index >= 15 is 0 Å². The van der Waals surface area contributed by atoms with Crippen LogP contribution in [-0.2, 0) is 6.54 Å². The SMILES string of the molecule is CCCNCc1nc(N2CCCCC2C)ccc1Cl. The lowest BCUT2D eigenvalue weighted by Crippen LogP contribution is -2.38. The van der Waals surface area contributed by atoms with Crippen molar-refractivity contribution in [3.63, 3.8) is 0 Å². The van der Waals surface area contributed by atoms with Gasteiger partial charge < -0.3 is 10.2 Å². The van der Waals surface area contributed by atoms with Gasteiger partial charge in [-0.1, -0.05) is 18.5 Å². The molecule has 0 radical (unpaired) electrons. The van der Waals surface area contributed by atoms with Crippen molar-refractivity contribution in [3.05, 3.63) is 22.8 Å². The second kappa shape index (κ2) is 7.11. The molecule has 0 aromatic carbocycles. The van der Waals surface area contributed by atoms with Crippen LogP contribution in [0, 0.1) is 0 Å². The normalized spacial score (nSPS) is 19.7. The zero-order valence-electron chi connectivity index (χ0n) is 12.0. The van der Waals surface area contributed by atoms with Crippen molar-refractivity contribution in [1.29, 1.82) is 0 Å². The van der Waals surface area contributed by atoms with Crippen LogP contribution >= 0.6 is 11.6 Å². The number of piperidine rings is 1. The van der Waals surface area contributed by atoms with E-state index in [1.807, 2.05) is 12.1 Å². The highest BCUT2D eigenvalue weighted by atomic mass is 35.5. The molecule has 0 saturated carbocycles. The van der Waals surface area contributed by atoms with Gasteiger partial charge in [-0.15, -0.1) is 0 Å². The Kier molecular flexibility index (Phi) is 5.46. The number of pyridine rings is 1. The Bertz CT molecular complexity index is 408. The average molecular weight is 282 g/mol. The summed E-state index contributed by atoms with van der Waals surface area (Å²) in [5.41, 5.74) is 0.963. The molecule has 1 N–H and O–H groups in total. The molecule has 1 saturated heterocycles. The number of halogens is 1. The fraction of sp³-hybridized carbons (Fsp3) is 0.667. The molecule has 3 nitrogen and oxygen atoms in total. The van der Waals surface area contributed by atoms with Crippen molar-refractivity contribution in [1.82, 2.24) is 10.3 Å². The summed E-state index contributed by atoms with van der Waals surface area (Å²) in [4.78, 5) is 7.16. The number of hydrogen-bond acceptors (Lipinski definition) is 3. The Morgan fingerprint density at radius 2 is 2.26 bits per heavy atom. The van der Waals surface area contributed by atoms with Gasteiger partial charge in [0.1, 0.15) is 5.82 Å². The fourth-order valence-electron chi connectivity index (χ4n) is 2.58. The first kappa shape index (κ1) is 14.6. The number of rotatable bonds is 5. The second-order valence-electron chi connectivity index (χ2n) is 5.31. The van der Waals surface area contributed by atoms with Gasteiger partial charge in [0.25, 0.3) is 0 Å². The Morgan fingerprint density at radius 1 is 1.42 bits per heavy atom. The minimum atomic E-state index is 0.582. The van der Waals surface area contributed by atoms with Gasteiger partial charge in [0.2, 0.25) is 0 Å². The van der Waals surface area contributed by atoms with Crippen LogP contribution in [0.4, 0.5) is 5.82 Å². The molecule has 0 bridgehead atoms. The molecule has 1 atom stereocenters. The number of anilines is 1. The van der Waals surface area contributed by atoms with E-state index < -0.39 is 0 Å². The molecule has 1 unspecified atom stereocenters. The summed E-state index contributed by atoms with van der Waals surface area (Å²) < 4.78 is 0. The predicted octanol–water partition coefficient (Wildman–Crippen LogP) is 3.61. The van der Waals surface area contributed by atoms with Gasteiger partial charge in [-0.3, -0.25) is 0 Å². The van der Waals surface area contributed by atoms with E-state index in [1.54, 1.807) is 0 Å². The van der Waals surface area contributed by atoms with Crippen molar-refractivity contribution < 1.29 is 0 Å². The lowest BCUT2D eigenvalue weighted by Gasteiger charge is -2.34. The quantitative estimate of drug-likeness (QED) is 0.836. The molecule has 0 aliphatic carbocycles. The van der Waals surface area contributed by atoms with Gasteiger partial charge in [-0.2, -0.15) is 0 Å². The smallest absolute Gasteiger partial charge is 0.129 e. The van der Waals surface area contributed by atoms with Crippen molar-refractivity contribution in [2.45, 2.75) is 52.1 Å². The standard InChI is InChI=1S/C15H24ClN3/c1-3-9-17-11-14-13(16)7-8-15(18-14)19-10-5-4-6-12(19)2/h7-8,12,17H,3-6,9-11H2,1-2H3. The highest BCUT2D eigenvalue weighted by Gasteiger charge is 2.20. The van der Waals surface area contributed by atoms with Gasteiger partial charge in [0, 0.05) is 19.1 Å². The van der Waals surface area contributed by atoms with Crippen molar-refractivity contribution >= 4 is 17.4 Å². The van der Waals surface area contributed by atoms with Crippen LogP contribution in [0.15, 0.2) is 12.1 Å². The third-order valence-corrected chi connectivity index (χ3v) is 4.06. The summed E-state index contributed by atoms with van der Waals surface area (Å²) >= 11 is 6.23.